The van der Waals surface area contributed by atoms with Gasteiger partial charge in [-0.3, -0.25) is 19.2 Å². The van der Waals surface area contributed by atoms with Gasteiger partial charge in [-0.2, -0.15) is 12.7 Å². The van der Waals surface area contributed by atoms with Crippen LogP contribution in [0.3, 0.4) is 0 Å². The molecule has 0 saturated carbocycles. The molecular formula is C26H30FN5O3S. The quantitative estimate of drug-likeness (QED) is 0.574. The first-order chi connectivity index (χ1) is 17.1. The van der Waals surface area contributed by atoms with Crippen molar-refractivity contribution in [3.63, 3.8) is 0 Å². The lowest BCUT2D eigenvalue weighted by Gasteiger charge is -2.47. The number of halogens is 1. The zero-order valence-electron chi connectivity index (χ0n) is 20.6. The summed E-state index contributed by atoms with van der Waals surface area (Å²) in [6.45, 7) is 5.63. The van der Waals surface area contributed by atoms with Crippen molar-refractivity contribution in [1.29, 1.82) is 0 Å². The van der Waals surface area contributed by atoms with Crippen LogP contribution >= 0.6 is 0 Å². The van der Waals surface area contributed by atoms with Gasteiger partial charge in [0, 0.05) is 56.2 Å². The number of benzene rings is 1. The van der Waals surface area contributed by atoms with Crippen LogP contribution in [0.15, 0.2) is 55.0 Å². The summed E-state index contributed by atoms with van der Waals surface area (Å²) in [6.07, 6.45) is 6.12. The third-order valence-corrected chi connectivity index (χ3v) is 9.39. The number of hydrogen-bond donors (Lipinski definition) is 1. The molecule has 0 radical (unpaired) electrons. The average Bonchev–Trinajstić information content (AvgIpc) is 3.01. The van der Waals surface area contributed by atoms with Crippen LogP contribution in [0.2, 0.25) is 0 Å². The van der Waals surface area contributed by atoms with Gasteiger partial charge in [0.05, 0.1) is 23.1 Å². The summed E-state index contributed by atoms with van der Waals surface area (Å²) in [6, 6.07) is 9.65. The highest BCUT2D eigenvalue weighted by Crippen LogP contribution is 2.44. The molecule has 0 amide bonds. The average molecular weight is 512 g/mol. The molecule has 1 N–H and O–H groups in total. The number of rotatable bonds is 4. The summed E-state index contributed by atoms with van der Waals surface area (Å²) >= 11 is 0. The predicted octanol–water partition coefficient (Wildman–Crippen LogP) is 3.72. The lowest BCUT2D eigenvalue weighted by Crippen LogP contribution is -2.57. The minimum atomic E-state index is -3.75. The third kappa shape index (κ3) is 4.23. The first kappa shape index (κ1) is 24.6. The molecule has 5 rings (SSSR count). The van der Waals surface area contributed by atoms with E-state index in [0.717, 1.165) is 16.8 Å². The number of aromatic hydroxyl groups is 1. The van der Waals surface area contributed by atoms with Gasteiger partial charge in [0.1, 0.15) is 11.6 Å². The number of piperidine rings is 1. The molecule has 2 fully saturated rings. The molecule has 2 atom stereocenters. The van der Waals surface area contributed by atoms with Crippen molar-refractivity contribution in [2.75, 3.05) is 24.4 Å². The normalized spacial score (nSPS) is 24.4. The summed E-state index contributed by atoms with van der Waals surface area (Å²) in [5, 5.41) is 10.4. The molecule has 0 unspecified atom stereocenters. The molecule has 2 aliphatic heterocycles. The molecule has 1 aromatic carbocycles. The number of anilines is 1. The Morgan fingerprint density at radius 3 is 2.72 bits per heavy atom. The second-order valence-electron chi connectivity index (χ2n) is 9.89. The Kier molecular flexibility index (Phi) is 6.22. The van der Waals surface area contributed by atoms with E-state index in [4.69, 9.17) is 0 Å². The number of likely N-dealkylation sites (N-methyl/N-ethyl adjacent to an activating group) is 1. The van der Waals surface area contributed by atoms with E-state index >= 15 is 0 Å². The molecule has 10 heteroatoms. The Balaban J connectivity index is 1.40. The van der Waals surface area contributed by atoms with Gasteiger partial charge in [0.15, 0.2) is 0 Å². The molecule has 2 aromatic heterocycles. The van der Waals surface area contributed by atoms with Crippen molar-refractivity contribution in [1.82, 2.24) is 19.2 Å². The monoisotopic (exact) mass is 511 g/mol. The standard InChI is InChI=1S/C26H30FN5O3S/c1-18-7-9-28-14-24(18)23-12-21(29-15-25(23)33)16-31-10-8-26(13-19(31)2)17-30(3)36(34,35)32(26)22-6-4-5-20(27)11-22/h4-7,9,11-12,14-15,19,33H,8,10,13,16-17H2,1-3H3/t19-,26+/m0/s1. The minimum Gasteiger partial charge on any atom is -0.506 e. The maximum atomic E-state index is 14.0. The molecule has 2 saturated heterocycles. The van der Waals surface area contributed by atoms with Crippen LogP contribution in [0.1, 0.15) is 31.0 Å². The summed E-state index contributed by atoms with van der Waals surface area (Å²) < 4.78 is 43.4. The largest absolute Gasteiger partial charge is 0.506 e. The smallest absolute Gasteiger partial charge is 0.304 e. The van der Waals surface area contributed by atoms with Gasteiger partial charge >= 0.3 is 10.2 Å². The van der Waals surface area contributed by atoms with Crippen LogP contribution in [0, 0.1) is 12.7 Å². The molecule has 4 heterocycles. The zero-order chi connectivity index (χ0) is 25.7. The van der Waals surface area contributed by atoms with Crippen molar-refractivity contribution in [3.8, 4) is 16.9 Å². The SMILES string of the molecule is Cc1ccncc1-c1cc(CN2CC[C@@]3(C[C@@H]2C)CN(C)S(=O)(=O)N3c2cccc(F)c2)ncc1O. The second kappa shape index (κ2) is 9.10. The summed E-state index contributed by atoms with van der Waals surface area (Å²) in [4.78, 5) is 10.9. The van der Waals surface area contributed by atoms with E-state index in [0.29, 0.717) is 43.7 Å². The Bertz CT molecular complexity index is 1400. The Morgan fingerprint density at radius 1 is 1.19 bits per heavy atom. The molecule has 8 nitrogen and oxygen atoms in total. The maximum absolute atomic E-state index is 14.0. The van der Waals surface area contributed by atoms with Crippen molar-refractivity contribution in [3.05, 3.63) is 72.1 Å². The molecule has 2 aliphatic rings. The van der Waals surface area contributed by atoms with E-state index in [1.807, 2.05) is 19.1 Å². The topological polar surface area (TPSA) is 89.9 Å². The molecule has 3 aromatic rings. The summed E-state index contributed by atoms with van der Waals surface area (Å²) in [7, 11) is -2.17. The van der Waals surface area contributed by atoms with Gasteiger partial charge < -0.3 is 5.11 Å². The Hall–Kier alpha value is -3.08. The van der Waals surface area contributed by atoms with E-state index in [-0.39, 0.29) is 11.8 Å². The van der Waals surface area contributed by atoms with Gasteiger partial charge in [-0.1, -0.05) is 6.07 Å². The number of aryl methyl sites for hydroxylation is 1. The summed E-state index contributed by atoms with van der Waals surface area (Å²) in [5.41, 5.74) is 3.07. The lowest BCUT2D eigenvalue weighted by atomic mass is 9.82. The number of hydrogen-bond acceptors (Lipinski definition) is 6. The van der Waals surface area contributed by atoms with Gasteiger partial charge in [-0.05, 0) is 62.6 Å². The molecular weight excluding hydrogens is 481 g/mol. The molecule has 0 bridgehead atoms. The van der Waals surface area contributed by atoms with Crippen LogP contribution in [0.4, 0.5) is 10.1 Å². The highest BCUT2D eigenvalue weighted by atomic mass is 32.2. The number of aromatic nitrogens is 2. The molecule has 190 valence electrons. The van der Waals surface area contributed by atoms with E-state index in [2.05, 4.69) is 21.8 Å². The van der Waals surface area contributed by atoms with Gasteiger partial charge in [-0.15, -0.1) is 0 Å². The van der Waals surface area contributed by atoms with Crippen molar-refractivity contribution < 1.29 is 17.9 Å². The van der Waals surface area contributed by atoms with Crippen molar-refractivity contribution in [2.24, 2.45) is 0 Å². The van der Waals surface area contributed by atoms with Crippen LogP contribution in [-0.4, -0.2) is 64.4 Å². The zero-order valence-corrected chi connectivity index (χ0v) is 21.4. The van der Waals surface area contributed by atoms with E-state index < -0.39 is 21.6 Å². The Labute approximate surface area is 211 Å². The first-order valence-corrected chi connectivity index (χ1v) is 13.4. The van der Waals surface area contributed by atoms with Gasteiger partial charge in [0.2, 0.25) is 0 Å². The fraction of sp³-hybridized carbons (Fsp3) is 0.385. The van der Waals surface area contributed by atoms with Crippen LogP contribution in [0.5, 0.6) is 5.75 Å². The number of nitrogens with zero attached hydrogens (tertiary/aromatic N) is 5. The molecule has 36 heavy (non-hydrogen) atoms. The Morgan fingerprint density at radius 2 is 2.00 bits per heavy atom. The highest BCUT2D eigenvalue weighted by molar-refractivity contribution is 7.90. The van der Waals surface area contributed by atoms with Crippen LogP contribution in [0.25, 0.3) is 11.1 Å². The van der Waals surface area contributed by atoms with E-state index in [1.54, 1.807) is 31.6 Å². The van der Waals surface area contributed by atoms with E-state index in [9.17, 15) is 17.9 Å². The van der Waals surface area contributed by atoms with Gasteiger partial charge in [0.25, 0.3) is 0 Å². The third-order valence-electron chi connectivity index (χ3n) is 7.41. The fourth-order valence-corrected chi connectivity index (χ4v) is 7.39. The first-order valence-electron chi connectivity index (χ1n) is 12.0. The number of likely N-dealkylation sites (tertiary alicyclic amines) is 1. The van der Waals surface area contributed by atoms with Crippen LogP contribution < -0.4 is 4.31 Å². The predicted molar refractivity (Wildman–Crippen MR) is 136 cm³/mol. The lowest BCUT2D eigenvalue weighted by molar-refractivity contribution is 0.0992. The van der Waals surface area contributed by atoms with Crippen molar-refractivity contribution in [2.45, 2.75) is 44.8 Å². The summed E-state index contributed by atoms with van der Waals surface area (Å²) in [5.74, 6) is -0.360. The molecule has 1 spiro atoms. The van der Waals surface area contributed by atoms with Gasteiger partial charge in [-0.25, -0.2) is 4.39 Å². The van der Waals surface area contributed by atoms with Crippen LogP contribution in [-0.2, 0) is 16.8 Å². The maximum Gasteiger partial charge on any atom is 0.304 e. The molecule has 0 aliphatic carbocycles. The fourth-order valence-electron chi connectivity index (χ4n) is 5.62. The van der Waals surface area contributed by atoms with E-state index in [1.165, 1.54) is 26.9 Å². The second-order valence-corrected chi connectivity index (χ2v) is 11.8. The number of pyridine rings is 2. The highest BCUT2D eigenvalue weighted by Gasteiger charge is 2.55. The minimum absolute atomic E-state index is 0.0516. The van der Waals surface area contributed by atoms with Crippen molar-refractivity contribution >= 4 is 15.9 Å².